The van der Waals surface area contributed by atoms with E-state index in [4.69, 9.17) is 0 Å². The zero-order chi connectivity index (χ0) is 17.7. The first kappa shape index (κ1) is 18.9. The van der Waals surface area contributed by atoms with Crippen molar-refractivity contribution in [1.29, 1.82) is 0 Å². The third-order valence-corrected chi connectivity index (χ3v) is 5.61. The molecule has 1 fully saturated rings. The molecule has 2 rings (SSSR count). The lowest BCUT2D eigenvalue weighted by Gasteiger charge is -2.31. The van der Waals surface area contributed by atoms with Crippen LogP contribution in [0.4, 0.5) is 0 Å². The molecule has 0 unspecified atom stereocenters. The van der Waals surface area contributed by atoms with Crippen molar-refractivity contribution in [1.82, 2.24) is 15.2 Å². The van der Waals surface area contributed by atoms with Gasteiger partial charge in [-0.15, -0.1) is 11.3 Å². The van der Waals surface area contributed by atoms with E-state index in [9.17, 15) is 14.7 Å². The fraction of sp³-hybridized carbons (Fsp3) is 0.706. The molecular weight excluding hydrogens is 326 g/mol. The van der Waals surface area contributed by atoms with Crippen LogP contribution in [-0.4, -0.2) is 46.0 Å². The molecule has 0 bridgehead atoms. The normalized spacial score (nSPS) is 19.0. The van der Waals surface area contributed by atoms with Crippen LogP contribution in [0, 0.1) is 18.8 Å². The summed E-state index contributed by atoms with van der Waals surface area (Å²) >= 11 is 1.66. The molecule has 1 aromatic rings. The number of aryl methyl sites for hydroxylation is 1. The van der Waals surface area contributed by atoms with Crippen LogP contribution in [0.3, 0.4) is 0 Å². The maximum atomic E-state index is 12.4. The van der Waals surface area contributed by atoms with Crippen LogP contribution in [0.1, 0.15) is 43.8 Å². The van der Waals surface area contributed by atoms with E-state index < -0.39 is 12.0 Å². The van der Waals surface area contributed by atoms with Gasteiger partial charge < -0.3 is 10.4 Å². The lowest BCUT2D eigenvalue weighted by molar-refractivity contribution is -0.144. The summed E-state index contributed by atoms with van der Waals surface area (Å²) in [6, 6.07) is -0.793. The van der Waals surface area contributed by atoms with Crippen LogP contribution in [0.5, 0.6) is 0 Å². The first-order valence-corrected chi connectivity index (χ1v) is 9.45. The Kier molecular flexibility index (Phi) is 6.74. The summed E-state index contributed by atoms with van der Waals surface area (Å²) in [5, 5.41) is 15.2. The Balaban J connectivity index is 1.82. The number of likely N-dealkylation sites (tertiary alicyclic amines) is 1. The highest BCUT2D eigenvalue weighted by molar-refractivity contribution is 7.09. The number of nitrogens with zero attached hydrogens (tertiary/aromatic N) is 2. The summed E-state index contributed by atoms with van der Waals surface area (Å²) in [6.45, 7) is 8.30. The summed E-state index contributed by atoms with van der Waals surface area (Å²) < 4.78 is 0. The summed E-state index contributed by atoms with van der Waals surface area (Å²) in [4.78, 5) is 30.5. The molecule has 1 aliphatic heterocycles. The molecule has 2 atom stereocenters. The summed E-state index contributed by atoms with van der Waals surface area (Å²) in [5.74, 6) is -1.23. The Labute approximate surface area is 147 Å². The second-order valence-corrected chi connectivity index (χ2v) is 7.68. The van der Waals surface area contributed by atoms with Crippen molar-refractivity contribution in [3.63, 3.8) is 0 Å². The Morgan fingerprint density at radius 3 is 2.62 bits per heavy atom. The molecule has 1 amide bonds. The fourth-order valence-corrected chi connectivity index (χ4v) is 3.62. The molecular formula is C17H27N3O3S. The maximum Gasteiger partial charge on any atom is 0.326 e. The molecule has 24 heavy (non-hydrogen) atoms. The first-order chi connectivity index (χ1) is 11.4. The smallest absolute Gasteiger partial charge is 0.326 e. The van der Waals surface area contributed by atoms with E-state index in [1.54, 1.807) is 11.3 Å². The van der Waals surface area contributed by atoms with Crippen LogP contribution >= 0.6 is 11.3 Å². The van der Waals surface area contributed by atoms with Crippen molar-refractivity contribution in [3.8, 4) is 0 Å². The molecule has 0 spiro atoms. The van der Waals surface area contributed by atoms with Gasteiger partial charge in [0.2, 0.25) is 5.91 Å². The number of carbonyl (C=O) groups is 2. The van der Waals surface area contributed by atoms with Gasteiger partial charge in [0, 0.05) is 17.8 Å². The van der Waals surface area contributed by atoms with Crippen LogP contribution < -0.4 is 5.32 Å². The summed E-state index contributed by atoms with van der Waals surface area (Å²) in [6.07, 6.45) is 2.26. The quantitative estimate of drug-likeness (QED) is 0.786. The van der Waals surface area contributed by atoms with Gasteiger partial charge in [0.1, 0.15) is 6.04 Å². The second-order valence-electron chi connectivity index (χ2n) is 6.62. The molecule has 1 saturated heterocycles. The Bertz CT molecular complexity index is 567. The van der Waals surface area contributed by atoms with Gasteiger partial charge in [-0.3, -0.25) is 9.69 Å². The highest BCUT2D eigenvalue weighted by Crippen LogP contribution is 2.21. The number of piperidine rings is 1. The molecule has 7 heteroatoms. The Morgan fingerprint density at radius 2 is 2.12 bits per heavy atom. The average molecular weight is 353 g/mol. The highest BCUT2D eigenvalue weighted by Gasteiger charge is 2.30. The van der Waals surface area contributed by atoms with Crippen LogP contribution in [0.15, 0.2) is 5.38 Å². The van der Waals surface area contributed by atoms with Crippen molar-refractivity contribution in [2.24, 2.45) is 11.8 Å². The number of amides is 1. The van der Waals surface area contributed by atoms with Crippen molar-refractivity contribution in [3.05, 3.63) is 16.1 Å². The number of aromatic nitrogens is 1. The largest absolute Gasteiger partial charge is 0.480 e. The van der Waals surface area contributed by atoms with E-state index in [1.165, 1.54) is 0 Å². The third kappa shape index (κ3) is 5.01. The predicted molar refractivity (Wildman–Crippen MR) is 93.9 cm³/mol. The third-order valence-electron chi connectivity index (χ3n) is 4.79. The van der Waals surface area contributed by atoms with Gasteiger partial charge in [-0.05, 0) is 38.8 Å². The van der Waals surface area contributed by atoms with Crippen molar-refractivity contribution < 1.29 is 14.7 Å². The number of carbonyl (C=O) groups excluding carboxylic acids is 1. The van der Waals surface area contributed by atoms with E-state index in [0.29, 0.717) is 0 Å². The standard InChI is InChI=1S/C17H27N3O3S/c1-4-11(2)15(17(22)23)19-16(21)13-5-7-20(8-6-13)9-14-10-24-12(3)18-14/h10-11,13,15H,4-9H2,1-3H3,(H,19,21)(H,22,23)/t11-,15-/m0/s1. The molecule has 0 saturated carbocycles. The van der Waals surface area contributed by atoms with Gasteiger partial charge in [-0.25, -0.2) is 9.78 Å². The lowest BCUT2D eigenvalue weighted by Crippen LogP contribution is -2.49. The van der Waals surface area contributed by atoms with E-state index in [0.717, 1.165) is 49.6 Å². The minimum Gasteiger partial charge on any atom is -0.480 e. The SMILES string of the molecule is CC[C@H](C)[C@H](NC(=O)C1CCN(Cc2csc(C)n2)CC1)C(=O)O. The van der Waals surface area contributed by atoms with E-state index in [2.05, 4.69) is 20.6 Å². The molecule has 1 aliphatic rings. The molecule has 0 aromatic carbocycles. The molecule has 134 valence electrons. The van der Waals surface area contributed by atoms with E-state index in [1.807, 2.05) is 20.8 Å². The maximum absolute atomic E-state index is 12.4. The zero-order valence-electron chi connectivity index (χ0n) is 14.6. The number of carboxylic acids is 1. The number of aliphatic carboxylic acids is 1. The fourth-order valence-electron chi connectivity index (χ4n) is 3.02. The molecule has 2 N–H and O–H groups in total. The van der Waals surface area contributed by atoms with Gasteiger partial charge in [0.05, 0.1) is 10.7 Å². The first-order valence-electron chi connectivity index (χ1n) is 8.57. The van der Waals surface area contributed by atoms with Crippen LogP contribution in [-0.2, 0) is 16.1 Å². The van der Waals surface area contributed by atoms with Gasteiger partial charge in [-0.2, -0.15) is 0 Å². The molecule has 6 nitrogen and oxygen atoms in total. The number of rotatable bonds is 7. The summed E-state index contributed by atoms with van der Waals surface area (Å²) in [5.41, 5.74) is 1.09. The highest BCUT2D eigenvalue weighted by atomic mass is 32.1. The van der Waals surface area contributed by atoms with E-state index >= 15 is 0 Å². The minimum atomic E-state index is -0.950. The summed E-state index contributed by atoms with van der Waals surface area (Å²) in [7, 11) is 0. The monoisotopic (exact) mass is 353 g/mol. The molecule has 2 heterocycles. The molecule has 0 radical (unpaired) electrons. The predicted octanol–water partition coefficient (Wildman–Crippen LogP) is 2.28. The minimum absolute atomic E-state index is 0.0700. The van der Waals surface area contributed by atoms with Crippen molar-refractivity contribution >= 4 is 23.2 Å². The lowest BCUT2D eigenvalue weighted by atomic mass is 9.93. The van der Waals surface area contributed by atoms with Crippen LogP contribution in [0.2, 0.25) is 0 Å². The van der Waals surface area contributed by atoms with Gasteiger partial charge >= 0.3 is 5.97 Å². The van der Waals surface area contributed by atoms with Crippen molar-refractivity contribution in [2.75, 3.05) is 13.1 Å². The molecule has 1 aromatic heterocycles. The van der Waals surface area contributed by atoms with Gasteiger partial charge in [-0.1, -0.05) is 20.3 Å². The topological polar surface area (TPSA) is 82.5 Å². The van der Waals surface area contributed by atoms with Crippen LogP contribution in [0.25, 0.3) is 0 Å². The van der Waals surface area contributed by atoms with Gasteiger partial charge in [0.25, 0.3) is 0 Å². The Morgan fingerprint density at radius 1 is 1.46 bits per heavy atom. The number of thiazole rings is 1. The molecule has 0 aliphatic carbocycles. The Hall–Kier alpha value is -1.47. The number of nitrogens with one attached hydrogen (secondary N) is 1. The number of hydrogen-bond acceptors (Lipinski definition) is 5. The average Bonchev–Trinajstić information content (AvgIpc) is 2.97. The van der Waals surface area contributed by atoms with Gasteiger partial charge in [0.15, 0.2) is 0 Å². The zero-order valence-corrected chi connectivity index (χ0v) is 15.4. The number of carboxylic acid groups (broad SMARTS) is 1. The van der Waals surface area contributed by atoms with Crippen molar-refractivity contribution in [2.45, 2.75) is 52.6 Å². The number of hydrogen-bond donors (Lipinski definition) is 2. The second kappa shape index (κ2) is 8.58. The van der Waals surface area contributed by atoms with E-state index in [-0.39, 0.29) is 17.7 Å².